The average Bonchev–Trinajstić information content (AvgIpc) is 3.09. The number of hydrogen-bond acceptors (Lipinski definition) is 4. The highest BCUT2D eigenvalue weighted by atomic mass is 19.1. The second kappa shape index (κ2) is 7.95. The van der Waals surface area contributed by atoms with Crippen molar-refractivity contribution in [2.75, 3.05) is 32.8 Å². The smallest absolute Gasteiger partial charge is 0.231 e. The number of benzene rings is 2. The van der Waals surface area contributed by atoms with Gasteiger partial charge in [-0.15, -0.1) is 0 Å². The van der Waals surface area contributed by atoms with Gasteiger partial charge in [-0.25, -0.2) is 4.39 Å². The molecule has 2 N–H and O–H groups in total. The minimum Gasteiger partial charge on any atom is -0.454 e. The van der Waals surface area contributed by atoms with E-state index in [9.17, 15) is 4.39 Å². The Labute approximate surface area is 152 Å². The van der Waals surface area contributed by atoms with Crippen LogP contribution >= 0.6 is 0 Å². The number of guanidine groups is 1. The van der Waals surface area contributed by atoms with Gasteiger partial charge < -0.3 is 25.0 Å². The van der Waals surface area contributed by atoms with Crippen LogP contribution in [-0.2, 0) is 13.1 Å². The topological polar surface area (TPSA) is 58.1 Å². The monoisotopic (exact) mass is 358 g/mol. The molecule has 3 rings (SSSR count). The fourth-order valence-electron chi connectivity index (χ4n) is 2.67. The van der Waals surface area contributed by atoms with E-state index in [1.807, 2.05) is 38.4 Å². The van der Waals surface area contributed by atoms with E-state index in [-0.39, 0.29) is 12.6 Å². The van der Waals surface area contributed by atoms with Gasteiger partial charge in [0.15, 0.2) is 17.5 Å². The zero-order chi connectivity index (χ0) is 18.5. The number of fused-ring (bicyclic) bond motifs is 1. The second-order valence-corrected chi connectivity index (χ2v) is 6.15. The van der Waals surface area contributed by atoms with Crippen LogP contribution in [0.3, 0.4) is 0 Å². The number of rotatable bonds is 5. The van der Waals surface area contributed by atoms with Crippen LogP contribution in [0.25, 0.3) is 0 Å². The first-order valence-electron chi connectivity index (χ1n) is 8.35. The molecule has 0 unspecified atom stereocenters. The third kappa shape index (κ3) is 4.17. The van der Waals surface area contributed by atoms with Gasteiger partial charge in [0.05, 0.1) is 5.69 Å². The third-order valence-electron chi connectivity index (χ3n) is 4.07. The lowest BCUT2D eigenvalue weighted by atomic mass is 10.2. The molecule has 2 aromatic rings. The van der Waals surface area contributed by atoms with Crippen LogP contribution in [-0.4, -0.2) is 33.9 Å². The van der Waals surface area contributed by atoms with Crippen molar-refractivity contribution < 1.29 is 13.9 Å². The molecular weight excluding hydrogens is 335 g/mol. The molecule has 1 aliphatic heterocycles. The molecular formula is C19H23FN4O2. The molecule has 0 spiro atoms. The molecule has 0 saturated carbocycles. The number of ether oxygens (including phenoxy) is 2. The Balaban J connectivity index is 1.54. The normalized spacial score (nSPS) is 12.8. The molecule has 0 aromatic heterocycles. The molecule has 2 aromatic carbocycles. The van der Waals surface area contributed by atoms with Crippen LogP contribution in [0.2, 0.25) is 0 Å². The summed E-state index contributed by atoms with van der Waals surface area (Å²) in [5.41, 5.74) is 2.47. The fourth-order valence-corrected chi connectivity index (χ4v) is 2.67. The lowest BCUT2D eigenvalue weighted by molar-refractivity contribution is 0.174. The van der Waals surface area contributed by atoms with Crippen LogP contribution < -0.4 is 25.0 Å². The molecule has 0 atom stereocenters. The number of aliphatic imine (C=N–C) groups is 1. The summed E-state index contributed by atoms with van der Waals surface area (Å²) in [6.07, 6.45) is 0. The van der Waals surface area contributed by atoms with Crippen molar-refractivity contribution in [2.45, 2.75) is 13.1 Å². The summed E-state index contributed by atoms with van der Waals surface area (Å²) < 4.78 is 24.7. The van der Waals surface area contributed by atoms with E-state index in [0.29, 0.717) is 24.7 Å². The molecule has 0 saturated heterocycles. The van der Waals surface area contributed by atoms with Crippen molar-refractivity contribution >= 4 is 11.6 Å². The van der Waals surface area contributed by atoms with E-state index in [4.69, 9.17) is 9.47 Å². The van der Waals surface area contributed by atoms with Gasteiger partial charge in [-0.3, -0.25) is 4.99 Å². The average molecular weight is 358 g/mol. The maximum atomic E-state index is 14.0. The van der Waals surface area contributed by atoms with E-state index in [1.165, 1.54) is 6.07 Å². The van der Waals surface area contributed by atoms with Crippen molar-refractivity contribution in [3.05, 3.63) is 53.3 Å². The molecule has 1 heterocycles. The van der Waals surface area contributed by atoms with Gasteiger partial charge in [0.1, 0.15) is 5.82 Å². The van der Waals surface area contributed by atoms with Crippen molar-refractivity contribution in [1.82, 2.24) is 10.6 Å². The molecule has 26 heavy (non-hydrogen) atoms. The third-order valence-corrected chi connectivity index (χ3v) is 4.07. The first-order valence-corrected chi connectivity index (χ1v) is 8.35. The van der Waals surface area contributed by atoms with Gasteiger partial charge in [-0.05, 0) is 35.4 Å². The SMILES string of the molecule is CN=C(NCc1ccc(N(C)C)c(F)c1)NCc1ccc2c(c1)OCO2. The molecule has 0 bridgehead atoms. The Kier molecular flexibility index (Phi) is 5.46. The van der Waals surface area contributed by atoms with Gasteiger partial charge in [0.2, 0.25) is 6.79 Å². The van der Waals surface area contributed by atoms with Gasteiger partial charge >= 0.3 is 0 Å². The van der Waals surface area contributed by atoms with E-state index < -0.39 is 0 Å². The minimum absolute atomic E-state index is 0.238. The van der Waals surface area contributed by atoms with Crippen molar-refractivity contribution in [1.29, 1.82) is 0 Å². The number of anilines is 1. The Morgan fingerprint density at radius 1 is 1.04 bits per heavy atom. The fraction of sp³-hybridized carbons (Fsp3) is 0.316. The lowest BCUT2D eigenvalue weighted by Gasteiger charge is -2.15. The predicted molar refractivity (Wildman–Crippen MR) is 100 cm³/mol. The van der Waals surface area contributed by atoms with Crippen LogP contribution in [0, 0.1) is 5.82 Å². The Hall–Kier alpha value is -2.96. The molecule has 7 heteroatoms. The van der Waals surface area contributed by atoms with Crippen molar-refractivity contribution in [3.8, 4) is 11.5 Å². The summed E-state index contributed by atoms with van der Waals surface area (Å²) in [6, 6.07) is 11.0. The Morgan fingerprint density at radius 3 is 2.35 bits per heavy atom. The van der Waals surface area contributed by atoms with E-state index in [0.717, 1.165) is 22.6 Å². The predicted octanol–water partition coefficient (Wildman–Crippen LogP) is 2.49. The van der Waals surface area contributed by atoms with Crippen LogP contribution in [0.15, 0.2) is 41.4 Å². The summed E-state index contributed by atoms with van der Waals surface area (Å²) >= 11 is 0. The van der Waals surface area contributed by atoms with E-state index in [1.54, 1.807) is 18.0 Å². The molecule has 1 aliphatic rings. The number of nitrogens with zero attached hydrogens (tertiary/aromatic N) is 2. The van der Waals surface area contributed by atoms with Crippen LogP contribution in [0.5, 0.6) is 11.5 Å². The molecule has 6 nitrogen and oxygen atoms in total. The van der Waals surface area contributed by atoms with Gasteiger partial charge in [-0.2, -0.15) is 0 Å². The molecule has 0 aliphatic carbocycles. The van der Waals surface area contributed by atoms with Gasteiger partial charge in [0, 0.05) is 34.2 Å². The highest BCUT2D eigenvalue weighted by Crippen LogP contribution is 2.32. The second-order valence-electron chi connectivity index (χ2n) is 6.15. The largest absolute Gasteiger partial charge is 0.454 e. The van der Waals surface area contributed by atoms with Gasteiger partial charge in [-0.1, -0.05) is 12.1 Å². The molecule has 0 amide bonds. The standard InChI is InChI=1S/C19H23FN4O2/c1-21-19(22-10-13-4-6-16(24(2)3)15(20)8-13)23-11-14-5-7-17-18(9-14)26-12-25-17/h4-9H,10-12H2,1-3H3,(H2,21,22,23). The van der Waals surface area contributed by atoms with E-state index >= 15 is 0 Å². The maximum Gasteiger partial charge on any atom is 0.231 e. The minimum atomic E-state index is -0.238. The Bertz CT molecular complexity index is 808. The molecule has 0 radical (unpaired) electrons. The first kappa shape index (κ1) is 17.8. The number of nitrogens with one attached hydrogen (secondary N) is 2. The zero-order valence-electron chi connectivity index (χ0n) is 15.2. The summed E-state index contributed by atoms with van der Waals surface area (Å²) in [7, 11) is 5.33. The lowest BCUT2D eigenvalue weighted by Crippen LogP contribution is -2.36. The highest BCUT2D eigenvalue weighted by molar-refractivity contribution is 5.79. The van der Waals surface area contributed by atoms with E-state index in [2.05, 4.69) is 15.6 Å². The molecule has 0 fully saturated rings. The zero-order valence-corrected chi connectivity index (χ0v) is 15.2. The summed E-state index contributed by atoms with van der Waals surface area (Å²) in [5.74, 6) is 1.92. The summed E-state index contributed by atoms with van der Waals surface area (Å²) in [6.45, 7) is 1.33. The van der Waals surface area contributed by atoms with Crippen LogP contribution in [0.4, 0.5) is 10.1 Å². The quantitative estimate of drug-likeness (QED) is 0.635. The summed E-state index contributed by atoms with van der Waals surface area (Å²) in [4.78, 5) is 5.94. The highest BCUT2D eigenvalue weighted by Gasteiger charge is 2.13. The number of halogens is 1. The molecule has 138 valence electrons. The van der Waals surface area contributed by atoms with Crippen molar-refractivity contribution in [3.63, 3.8) is 0 Å². The van der Waals surface area contributed by atoms with Crippen LogP contribution in [0.1, 0.15) is 11.1 Å². The number of hydrogen-bond donors (Lipinski definition) is 2. The van der Waals surface area contributed by atoms with Gasteiger partial charge in [0.25, 0.3) is 0 Å². The summed E-state index contributed by atoms with van der Waals surface area (Å²) in [5, 5.41) is 6.42. The first-order chi connectivity index (χ1) is 12.6. The maximum absolute atomic E-state index is 14.0. The Morgan fingerprint density at radius 2 is 1.69 bits per heavy atom. The van der Waals surface area contributed by atoms with Crippen molar-refractivity contribution in [2.24, 2.45) is 4.99 Å².